The molecule has 7 heteroatoms. The Morgan fingerprint density at radius 1 is 1.17 bits per heavy atom. The Kier molecular flexibility index (Phi) is 7.61. The molecule has 1 aliphatic heterocycles. The Morgan fingerprint density at radius 2 is 1.93 bits per heavy atom. The molecule has 2 aromatic rings. The zero-order valence-corrected chi connectivity index (χ0v) is 16.7. The molecule has 0 unspecified atom stereocenters. The number of nitrogens with zero attached hydrogens (tertiary/aromatic N) is 2. The van der Waals surface area contributed by atoms with Crippen LogP contribution in [-0.4, -0.2) is 61.9 Å². The van der Waals surface area contributed by atoms with Gasteiger partial charge >= 0.3 is 0 Å². The Hall–Kier alpha value is -2.90. The molecule has 154 valence electrons. The molecular formula is C22H27N3O4. The number of benzene rings is 1. The number of methoxy groups -OCH3 is 1. The molecule has 29 heavy (non-hydrogen) atoms. The first-order valence-electron chi connectivity index (χ1n) is 9.80. The van der Waals surface area contributed by atoms with Crippen LogP contribution in [0.25, 0.3) is 11.8 Å². The lowest BCUT2D eigenvalue weighted by atomic mass is 10.1. The van der Waals surface area contributed by atoms with Gasteiger partial charge in [0.15, 0.2) is 0 Å². The average Bonchev–Trinajstić information content (AvgIpc) is 2.76. The highest BCUT2D eigenvalue weighted by molar-refractivity contribution is 6.18. The number of para-hydroxylation sites is 1. The van der Waals surface area contributed by atoms with Crippen LogP contribution in [0.5, 0.6) is 5.75 Å². The zero-order valence-electron chi connectivity index (χ0n) is 16.7. The number of carbonyl (C=O) groups excluding carboxylic acids is 1. The van der Waals surface area contributed by atoms with Crippen molar-refractivity contribution in [2.45, 2.75) is 6.42 Å². The minimum Gasteiger partial charge on any atom is -0.496 e. The van der Waals surface area contributed by atoms with Crippen molar-refractivity contribution < 1.29 is 14.3 Å². The van der Waals surface area contributed by atoms with E-state index in [2.05, 4.69) is 10.2 Å². The molecule has 0 bridgehead atoms. The van der Waals surface area contributed by atoms with Crippen LogP contribution in [-0.2, 0) is 9.53 Å². The van der Waals surface area contributed by atoms with Crippen molar-refractivity contribution in [3.63, 3.8) is 0 Å². The fraction of sp³-hybridized carbons (Fsp3) is 0.364. The second-order valence-electron chi connectivity index (χ2n) is 6.74. The summed E-state index contributed by atoms with van der Waals surface area (Å²) in [4.78, 5) is 27.6. The van der Waals surface area contributed by atoms with Crippen LogP contribution in [0.2, 0.25) is 0 Å². The van der Waals surface area contributed by atoms with E-state index in [0.29, 0.717) is 12.3 Å². The monoisotopic (exact) mass is 397 g/mol. The van der Waals surface area contributed by atoms with Crippen LogP contribution in [0.1, 0.15) is 12.0 Å². The van der Waals surface area contributed by atoms with Gasteiger partial charge in [0, 0.05) is 37.5 Å². The molecule has 1 aromatic carbocycles. The summed E-state index contributed by atoms with van der Waals surface area (Å²) in [5.41, 5.74) is 0.716. The molecule has 0 saturated carbocycles. The van der Waals surface area contributed by atoms with Gasteiger partial charge in [-0.25, -0.2) is 0 Å². The third-order valence-electron chi connectivity index (χ3n) is 4.79. The first-order chi connectivity index (χ1) is 14.2. The highest BCUT2D eigenvalue weighted by Gasteiger charge is 2.15. The number of rotatable bonds is 8. The Balaban J connectivity index is 1.74. The maximum absolute atomic E-state index is 12.9. The predicted molar refractivity (Wildman–Crippen MR) is 113 cm³/mol. The summed E-state index contributed by atoms with van der Waals surface area (Å²) in [5.74, 6) is 0.334. The second kappa shape index (κ2) is 10.6. The highest BCUT2D eigenvalue weighted by Crippen LogP contribution is 2.21. The Labute approximate surface area is 170 Å². The number of nitrogens with one attached hydrogen (secondary N) is 1. The summed E-state index contributed by atoms with van der Waals surface area (Å²) in [5, 5.41) is 2.94. The van der Waals surface area contributed by atoms with E-state index in [1.807, 2.05) is 24.3 Å². The summed E-state index contributed by atoms with van der Waals surface area (Å²) < 4.78 is 12.1. The van der Waals surface area contributed by atoms with Gasteiger partial charge in [-0.05, 0) is 31.2 Å². The van der Waals surface area contributed by atoms with Gasteiger partial charge < -0.3 is 14.8 Å². The van der Waals surface area contributed by atoms with Gasteiger partial charge in [0.05, 0.1) is 20.3 Å². The number of aromatic nitrogens is 1. The summed E-state index contributed by atoms with van der Waals surface area (Å²) in [6.07, 6.45) is 4.10. The van der Waals surface area contributed by atoms with Gasteiger partial charge in [0.1, 0.15) is 11.4 Å². The topological polar surface area (TPSA) is 72.8 Å². The molecule has 1 amide bonds. The van der Waals surface area contributed by atoms with E-state index in [1.165, 1.54) is 10.6 Å². The molecule has 0 atom stereocenters. The number of amides is 1. The van der Waals surface area contributed by atoms with Crippen molar-refractivity contribution in [3.8, 4) is 5.75 Å². The van der Waals surface area contributed by atoms with E-state index in [-0.39, 0.29) is 17.2 Å². The van der Waals surface area contributed by atoms with Crippen molar-refractivity contribution >= 4 is 17.7 Å². The smallest absolute Gasteiger partial charge is 0.268 e. The lowest BCUT2D eigenvalue weighted by Crippen LogP contribution is -2.38. The number of morpholine rings is 1. The maximum atomic E-state index is 12.9. The van der Waals surface area contributed by atoms with Gasteiger partial charge in [0.2, 0.25) is 0 Å². The van der Waals surface area contributed by atoms with Gasteiger partial charge in [-0.1, -0.05) is 24.3 Å². The summed E-state index contributed by atoms with van der Waals surface area (Å²) in [6.45, 7) is 4.80. The largest absolute Gasteiger partial charge is 0.496 e. The molecule has 0 radical (unpaired) electrons. The lowest BCUT2D eigenvalue weighted by molar-refractivity contribution is -0.115. The fourth-order valence-corrected chi connectivity index (χ4v) is 3.22. The lowest BCUT2D eigenvalue weighted by Gasteiger charge is -2.26. The minimum atomic E-state index is -0.300. The van der Waals surface area contributed by atoms with Crippen LogP contribution in [0.4, 0.5) is 0 Å². The van der Waals surface area contributed by atoms with Gasteiger partial charge in [-0.15, -0.1) is 0 Å². The first kappa shape index (κ1) is 20.8. The SMILES string of the molecule is COc1ccccc1/C=C(\C(=O)NCCCN1CCOCC1)n1ccccc1=O. The summed E-state index contributed by atoms with van der Waals surface area (Å²) in [7, 11) is 1.58. The number of carbonyl (C=O) groups is 1. The van der Waals surface area contributed by atoms with Gasteiger partial charge in [0.25, 0.3) is 11.5 Å². The van der Waals surface area contributed by atoms with Crippen LogP contribution in [0.15, 0.2) is 53.5 Å². The van der Waals surface area contributed by atoms with Crippen molar-refractivity contribution in [1.82, 2.24) is 14.8 Å². The molecule has 1 aromatic heterocycles. The average molecular weight is 397 g/mol. The molecule has 7 nitrogen and oxygen atoms in total. The van der Waals surface area contributed by atoms with Crippen molar-refractivity contribution in [1.29, 1.82) is 0 Å². The molecule has 0 spiro atoms. The number of hydrogen-bond acceptors (Lipinski definition) is 5. The number of pyridine rings is 1. The van der Waals surface area contributed by atoms with Crippen molar-refractivity contribution in [3.05, 3.63) is 64.6 Å². The molecule has 0 aliphatic carbocycles. The van der Waals surface area contributed by atoms with Crippen LogP contribution in [0.3, 0.4) is 0 Å². The quantitative estimate of drug-likeness (QED) is 0.542. The van der Waals surface area contributed by atoms with E-state index >= 15 is 0 Å². The molecule has 1 N–H and O–H groups in total. The predicted octanol–water partition coefficient (Wildman–Crippen LogP) is 1.69. The second-order valence-corrected chi connectivity index (χ2v) is 6.74. The Morgan fingerprint density at radius 3 is 2.69 bits per heavy atom. The van der Waals surface area contributed by atoms with Crippen LogP contribution >= 0.6 is 0 Å². The molecule has 1 aliphatic rings. The maximum Gasteiger partial charge on any atom is 0.268 e. The van der Waals surface area contributed by atoms with E-state index < -0.39 is 0 Å². The first-order valence-corrected chi connectivity index (χ1v) is 9.80. The Bertz CT molecular complexity index is 901. The molecule has 3 rings (SSSR count). The van der Waals surface area contributed by atoms with E-state index in [4.69, 9.17) is 9.47 Å². The minimum absolute atomic E-state index is 0.256. The normalized spacial score (nSPS) is 15.1. The molecular weight excluding hydrogens is 370 g/mol. The summed E-state index contributed by atoms with van der Waals surface area (Å²) in [6, 6.07) is 12.2. The third kappa shape index (κ3) is 5.79. The van der Waals surface area contributed by atoms with E-state index in [1.54, 1.807) is 31.5 Å². The number of hydrogen-bond donors (Lipinski definition) is 1. The van der Waals surface area contributed by atoms with Crippen molar-refractivity contribution in [2.75, 3.05) is 46.5 Å². The highest BCUT2D eigenvalue weighted by atomic mass is 16.5. The van der Waals surface area contributed by atoms with Crippen molar-refractivity contribution in [2.24, 2.45) is 0 Å². The molecule has 1 saturated heterocycles. The number of ether oxygens (including phenoxy) is 2. The van der Waals surface area contributed by atoms with Crippen LogP contribution < -0.4 is 15.6 Å². The van der Waals surface area contributed by atoms with Crippen LogP contribution in [0, 0.1) is 0 Å². The van der Waals surface area contributed by atoms with Gasteiger partial charge in [-0.3, -0.25) is 19.1 Å². The third-order valence-corrected chi connectivity index (χ3v) is 4.79. The summed E-state index contributed by atoms with van der Waals surface area (Å²) >= 11 is 0. The molecule has 1 fully saturated rings. The standard InChI is InChI=1S/C22H27N3O4/c1-28-20-8-3-2-7-18(20)17-19(25-12-5-4-9-21(25)26)22(27)23-10-6-11-24-13-15-29-16-14-24/h2-5,7-9,12,17H,6,10-11,13-16H2,1H3,(H,23,27)/b19-17+. The fourth-order valence-electron chi connectivity index (χ4n) is 3.22. The van der Waals surface area contributed by atoms with E-state index in [0.717, 1.165) is 44.8 Å². The van der Waals surface area contributed by atoms with E-state index in [9.17, 15) is 9.59 Å². The van der Waals surface area contributed by atoms with Gasteiger partial charge in [-0.2, -0.15) is 0 Å². The zero-order chi connectivity index (χ0) is 20.5. The molecule has 2 heterocycles.